The molecule has 0 aromatic heterocycles. The first kappa shape index (κ1) is 18.2. The molecule has 0 aliphatic carbocycles. The van der Waals surface area contributed by atoms with Gasteiger partial charge in [0.1, 0.15) is 5.75 Å². The third kappa shape index (κ3) is 5.21. The zero-order chi connectivity index (χ0) is 17.6. The number of piperazine rings is 1. The Morgan fingerprint density at radius 2 is 1.84 bits per heavy atom. The van der Waals surface area contributed by atoms with Gasteiger partial charge in [-0.1, -0.05) is 39.7 Å². The van der Waals surface area contributed by atoms with E-state index in [2.05, 4.69) is 43.1 Å². The van der Waals surface area contributed by atoms with Crippen molar-refractivity contribution in [3.05, 3.63) is 63.1 Å². The van der Waals surface area contributed by atoms with Gasteiger partial charge in [0.2, 0.25) is 0 Å². The minimum atomic E-state index is 0.783. The molecule has 0 bridgehead atoms. The van der Waals surface area contributed by atoms with Crippen LogP contribution in [-0.2, 0) is 6.54 Å². The molecule has 3 rings (SSSR count). The zero-order valence-corrected chi connectivity index (χ0v) is 16.5. The second-order valence-corrected chi connectivity index (χ2v) is 7.34. The highest BCUT2D eigenvalue weighted by molar-refractivity contribution is 9.10. The van der Waals surface area contributed by atoms with Crippen molar-refractivity contribution in [2.75, 3.05) is 33.3 Å². The molecule has 4 nitrogen and oxygen atoms in total. The maximum atomic E-state index is 5.94. The van der Waals surface area contributed by atoms with Gasteiger partial charge >= 0.3 is 0 Å². The Morgan fingerprint density at radius 1 is 1.12 bits per heavy atom. The minimum Gasteiger partial charge on any atom is -0.496 e. The van der Waals surface area contributed by atoms with E-state index in [9.17, 15) is 0 Å². The van der Waals surface area contributed by atoms with Gasteiger partial charge in [0.25, 0.3) is 0 Å². The lowest BCUT2D eigenvalue weighted by molar-refractivity contribution is 0.131. The smallest absolute Gasteiger partial charge is 0.127 e. The van der Waals surface area contributed by atoms with Gasteiger partial charge in [-0.2, -0.15) is 5.10 Å². The fraction of sp³-hybridized carbons (Fsp3) is 0.316. The van der Waals surface area contributed by atoms with Gasteiger partial charge in [-0.05, 0) is 35.9 Å². The SMILES string of the molecule is COc1ccc(Br)cc1/C=N\N1CCN(Cc2ccc(Cl)cc2)CC1. The van der Waals surface area contributed by atoms with E-state index in [1.54, 1.807) is 7.11 Å². The van der Waals surface area contributed by atoms with Crippen LogP contribution in [0.25, 0.3) is 0 Å². The number of methoxy groups -OCH3 is 1. The largest absolute Gasteiger partial charge is 0.496 e. The lowest BCUT2D eigenvalue weighted by Gasteiger charge is -2.33. The Balaban J connectivity index is 1.54. The van der Waals surface area contributed by atoms with Gasteiger partial charge in [0.05, 0.1) is 13.3 Å². The number of hydrogen-bond donors (Lipinski definition) is 0. The van der Waals surface area contributed by atoms with E-state index in [0.717, 1.165) is 53.5 Å². The molecule has 0 N–H and O–H groups in total. The molecule has 1 saturated heterocycles. The summed E-state index contributed by atoms with van der Waals surface area (Å²) in [5.41, 5.74) is 2.26. The van der Waals surface area contributed by atoms with Crippen molar-refractivity contribution in [3.63, 3.8) is 0 Å². The maximum absolute atomic E-state index is 5.94. The summed E-state index contributed by atoms with van der Waals surface area (Å²) in [4.78, 5) is 2.44. The Kier molecular flexibility index (Phi) is 6.34. The molecule has 0 radical (unpaired) electrons. The van der Waals surface area contributed by atoms with Crippen molar-refractivity contribution in [1.82, 2.24) is 9.91 Å². The first-order valence-electron chi connectivity index (χ1n) is 8.23. The minimum absolute atomic E-state index is 0.783. The summed E-state index contributed by atoms with van der Waals surface area (Å²) in [5, 5.41) is 7.51. The summed E-state index contributed by atoms with van der Waals surface area (Å²) in [6.07, 6.45) is 1.87. The van der Waals surface area contributed by atoms with Crippen LogP contribution in [-0.4, -0.2) is 49.4 Å². The van der Waals surface area contributed by atoms with Gasteiger partial charge in [0, 0.05) is 47.8 Å². The van der Waals surface area contributed by atoms with Crippen LogP contribution >= 0.6 is 27.5 Å². The third-order valence-electron chi connectivity index (χ3n) is 4.22. The molecule has 1 aliphatic heterocycles. The number of nitrogens with zero attached hydrogens (tertiary/aromatic N) is 3. The lowest BCUT2D eigenvalue weighted by atomic mass is 10.2. The number of rotatable bonds is 5. The number of hydrogen-bond acceptors (Lipinski definition) is 4. The molecule has 25 heavy (non-hydrogen) atoms. The first-order valence-corrected chi connectivity index (χ1v) is 9.40. The van der Waals surface area contributed by atoms with E-state index in [1.807, 2.05) is 36.5 Å². The van der Waals surface area contributed by atoms with E-state index in [1.165, 1.54) is 5.56 Å². The first-order chi connectivity index (χ1) is 12.1. The van der Waals surface area contributed by atoms with Gasteiger partial charge in [0.15, 0.2) is 0 Å². The molecule has 1 fully saturated rings. The predicted octanol–water partition coefficient (Wildman–Crippen LogP) is 4.26. The molecule has 6 heteroatoms. The van der Waals surface area contributed by atoms with Crippen LogP contribution in [0.2, 0.25) is 5.02 Å². The monoisotopic (exact) mass is 421 g/mol. The fourth-order valence-corrected chi connectivity index (χ4v) is 3.31. The number of ether oxygens (including phenoxy) is 1. The van der Waals surface area contributed by atoms with Crippen LogP contribution in [0.1, 0.15) is 11.1 Å². The summed E-state index contributed by atoms with van der Waals surface area (Å²) in [6.45, 7) is 4.78. The summed E-state index contributed by atoms with van der Waals surface area (Å²) in [5.74, 6) is 0.827. The Morgan fingerprint density at radius 3 is 2.52 bits per heavy atom. The number of halogens is 2. The van der Waals surface area contributed by atoms with E-state index >= 15 is 0 Å². The predicted molar refractivity (Wildman–Crippen MR) is 107 cm³/mol. The Labute approximate surface area is 162 Å². The summed E-state index contributed by atoms with van der Waals surface area (Å²) < 4.78 is 6.40. The molecule has 0 amide bonds. The topological polar surface area (TPSA) is 28.1 Å². The second kappa shape index (κ2) is 8.70. The van der Waals surface area contributed by atoms with Gasteiger partial charge in [-0.15, -0.1) is 0 Å². The Bertz CT molecular complexity index is 728. The van der Waals surface area contributed by atoms with Gasteiger partial charge in [-0.25, -0.2) is 0 Å². The highest BCUT2D eigenvalue weighted by Gasteiger charge is 2.15. The average Bonchev–Trinajstić information content (AvgIpc) is 2.63. The van der Waals surface area contributed by atoms with E-state index < -0.39 is 0 Å². The van der Waals surface area contributed by atoms with E-state index in [4.69, 9.17) is 16.3 Å². The van der Waals surface area contributed by atoms with E-state index in [0.29, 0.717) is 0 Å². The lowest BCUT2D eigenvalue weighted by Crippen LogP contribution is -2.43. The van der Waals surface area contributed by atoms with Crippen molar-refractivity contribution < 1.29 is 4.74 Å². The van der Waals surface area contributed by atoms with Crippen molar-refractivity contribution in [2.24, 2.45) is 5.10 Å². The summed E-state index contributed by atoms with van der Waals surface area (Å²) in [7, 11) is 1.68. The molecular formula is C19H21BrClN3O. The molecule has 0 saturated carbocycles. The van der Waals surface area contributed by atoms with Crippen molar-refractivity contribution in [1.29, 1.82) is 0 Å². The van der Waals surface area contributed by atoms with Crippen molar-refractivity contribution >= 4 is 33.7 Å². The second-order valence-electron chi connectivity index (χ2n) is 5.99. The van der Waals surface area contributed by atoms with Gasteiger partial charge < -0.3 is 4.74 Å². The number of hydrazone groups is 1. The molecule has 1 aliphatic rings. The third-order valence-corrected chi connectivity index (χ3v) is 4.97. The molecule has 2 aromatic rings. The van der Waals surface area contributed by atoms with Crippen LogP contribution in [0.15, 0.2) is 52.0 Å². The van der Waals surface area contributed by atoms with Crippen molar-refractivity contribution in [2.45, 2.75) is 6.54 Å². The summed E-state index contributed by atoms with van der Waals surface area (Å²) >= 11 is 9.43. The maximum Gasteiger partial charge on any atom is 0.127 e. The highest BCUT2D eigenvalue weighted by atomic mass is 79.9. The molecule has 0 spiro atoms. The summed E-state index contributed by atoms with van der Waals surface area (Å²) in [6, 6.07) is 14.0. The molecule has 0 atom stereocenters. The molecule has 0 unspecified atom stereocenters. The Hall–Kier alpha value is -1.56. The molecule has 2 aromatic carbocycles. The molecule has 1 heterocycles. The highest BCUT2D eigenvalue weighted by Crippen LogP contribution is 2.21. The fourth-order valence-electron chi connectivity index (χ4n) is 2.81. The van der Waals surface area contributed by atoms with Crippen LogP contribution < -0.4 is 4.74 Å². The van der Waals surface area contributed by atoms with Crippen LogP contribution in [0.4, 0.5) is 0 Å². The normalized spacial score (nSPS) is 15.7. The quantitative estimate of drug-likeness (QED) is 0.674. The standard InChI is InChI=1S/C19H21BrClN3O/c1-25-19-7-4-17(20)12-16(19)13-22-24-10-8-23(9-11-24)14-15-2-5-18(21)6-3-15/h2-7,12-13H,8-11,14H2,1H3/b22-13-. The van der Waals surface area contributed by atoms with Crippen molar-refractivity contribution in [3.8, 4) is 5.75 Å². The van der Waals surface area contributed by atoms with E-state index in [-0.39, 0.29) is 0 Å². The zero-order valence-electron chi connectivity index (χ0n) is 14.2. The van der Waals surface area contributed by atoms with Crippen LogP contribution in [0, 0.1) is 0 Å². The molecular weight excluding hydrogens is 402 g/mol. The average molecular weight is 423 g/mol. The van der Waals surface area contributed by atoms with Gasteiger partial charge in [-0.3, -0.25) is 9.91 Å². The molecule has 132 valence electrons. The van der Waals surface area contributed by atoms with Crippen LogP contribution in [0.5, 0.6) is 5.75 Å². The number of benzene rings is 2. The van der Waals surface area contributed by atoms with Crippen LogP contribution in [0.3, 0.4) is 0 Å².